The number of rotatable bonds is 3. The molecule has 1 atom stereocenters. The van der Waals surface area contributed by atoms with Gasteiger partial charge in [-0.1, -0.05) is 0 Å². The van der Waals surface area contributed by atoms with E-state index in [0.717, 1.165) is 0 Å². The molecule has 0 aromatic carbocycles. The molecule has 0 aliphatic carbocycles. The first-order valence-corrected chi connectivity index (χ1v) is 4.80. The van der Waals surface area contributed by atoms with Crippen LogP contribution in [0.3, 0.4) is 0 Å². The molecular formula is C5H7F3NO5S-. The number of sulfonamides is 1. The topological polar surface area (TPSA) is 110 Å². The lowest BCUT2D eigenvalue weighted by molar-refractivity contribution is -0.238. The van der Waals surface area contributed by atoms with E-state index in [1.54, 1.807) is 0 Å². The molecule has 0 aliphatic heterocycles. The summed E-state index contributed by atoms with van der Waals surface area (Å²) >= 11 is 0. The summed E-state index contributed by atoms with van der Waals surface area (Å²) < 4.78 is 57.6. The molecule has 0 radical (unpaired) electrons. The van der Waals surface area contributed by atoms with E-state index in [9.17, 15) is 26.7 Å². The Balaban J connectivity index is 5.27. The summed E-state index contributed by atoms with van der Waals surface area (Å²) in [6.07, 6.45) is 0. The van der Waals surface area contributed by atoms with Gasteiger partial charge in [0.1, 0.15) is 5.60 Å². The summed E-state index contributed by atoms with van der Waals surface area (Å²) in [4.78, 5) is 0. The highest BCUT2D eigenvalue weighted by Gasteiger charge is 2.46. The van der Waals surface area contributed by atoms with E-state index in [-0.39, 0.29) is 0 Å². The summed E-state index contributed by atoms with van der Waals surface area (Å²) in [6.45, 7) is -0.618. The smallest absolute Gasteiger partial charge is 0.518 e. The Morgan fingerprint density at radius 1 is 1.47 bits per heavy atom. The fraction of sp³-hybridized carbons (Fsp3) is 0.800. The minimum absolute atomic E-state index is 0.630. The lowest BCUT2D eigenvalue weighted by atomic mass is 10.1. The SMILES string of the molecule is CC(O)(CO)/C([O-])=N/S(=O)(=O)C(F)(F)F. The largest absolute Gasteiger partial charge is 0.859 e. The second kappa shape index (κ2) is 3.94. The van der Waals surface area contributed by atoms with E-state index in [1.807, 2.05) is 4.40 Å². The van der Waals surface area contributed by atoms with E-state index < -0.39 is 33.6 Å². The van der Waals surface area contributed by atoms with Crippen molar-refractivity contribution < 1.29 is 36.9 Å². The normalized spacial score (nSPS) is 18.7. The number of nitrogens with zero attached hydrogens (tertiary/aromatic N) is 1. The van der Waals surface area contributed by atoms with Gasteiger partial charge in [-0.25, -0.2) is 0 Å². The van der Waals surface area contributed by atoms with Crippen molar-refractivity contribution in [1.82, 2.24) is 0 Å². The Bertz CT molecular complexity index is 357. The van der Waals surface area contributed by atoms with Gasteiger partial charge in [0.25, 0.3) is 0 Å². The molecule has 90 valence electrons. The molecule has 0 fully saturated rings. The number of aliphatic hydroxyl groups is 2. The van der Waals surface area contributed by atoms with E-state index in [4.69, 9.17) is 10.2 Å². The van der Waals surface area contributed by atoms with Gasteiger partial charge in [-0.15, -0.1) is 0 Å². The van der Waals surface area contributed by atoms with Crippen molar-refractivity contribution in [3.63, 3.8) is 0 Å². The van der Waals surface area contributed by atoms with Crippen LogP contribution in [0.5, 0.6) is 0 Å². The lowest BCUT2D eigenvalue weighted by Crippen LogP contribution is -2.47. The molecule has 0 aromatic heterocycles. The Labute approximate surface area is 82.7 Å². The van der Waals surface area contributed by atoms with Crippen LogP contribution in [-0.4, -0.2) is 42.2 Å². The molecule has 0 bridgehead atoms. The molecular weight excluding hydrogens is 243 g/mol. The van der Waals surface area contributed by atoms with Crippen LogP contribution in [0.25, 0.3) is 0 Å². The predicted molar refractivity (Wildman–Crippen MR) is 40.1 cm³/mol. The van der Waals surface area contributed by atoms with Crippen LogP contribution >= 0.6 is 0 Å². The molecule has 0 heterocycles. The monoisotopic (exact) mass is 250 g/mol. The third-order valence-electron chi connectivity index (χ3n) is 1.26. The molecule has 0 saturated heterocycles. The molecule has 0 spiro atoms. The van der Waals surface area contributed by atoms with Gasteiger partial charge < -0.3 is 15.3 Å². The number of hydrogen-bond donors (Lipinski definition) is 2. The molecule has 6 nitrogen and oxygen atoms in total. The summed E-state index contributed by atoms with van der Waals surface area (Å²) in [6, 6.07) is 0. The minimum atomic E-state index is -5.99. The Kier molecular flexibility index (Phi) is 3.72. The lowest BCUT2D eigenvalue weighted by Gasteiger charge is -2.26. The summed E-state index contributed by atoms with van der Waals surface area (Å²) in [7, 11) is -5.99. The van der Waals surface area contributed by atoms with Gasteiger partial charge in [0.15, 0.2) is 0 Å². The quantitative estimate of drug-likeness (QED) is 0.460. The van der Waals surface area contributed by atoms with Crippen LogP contribution in [-0.2, 0) is 10.0 Å². The van der Waals surface area contributed by atoms with Crippen LogP contribution in [0.4, 0.5) is 13.2 Å². The van der Waals surface area contributed by atoms with E-state index in [1.165, 1.54) is 0 Å². The fourth-order valence-electron chi connectivity index (χ4n) is 0.327. The Morgan fingerprint density at radius 3 is 2.13 bits per heavy atom. The van der Waals surface area contributed by atoms with Crippen molar-refractivity contribution in [3.05, 3.63) is 0 Å². The van der Waals surface area contributed by atoms with Gasteiger partial charge in [-0.05, 0) is 6.92 Å². The zero-order valence-electron chi connectivity index (χ0n) is 7.32. The molecule has 2 N–H and O–H groups in total. The highest BCUT2D eigenvalue weighted by molar-refractivity contribution is 7.91. The van der Waals surface area contributed by atoms with Gasteiger partial charge in [-0.3, -0.25) is 0 Å². The maximum Gasteiger partial charge on any atom is 0.518 e. The van der Waals surface area contributed by atoms with Gasteiger partial charge in [-0.2, -0.15) is 26.0 Å². The second-order valence-electron chi connectivity index (χ2n) is 2.75. The number of alkyl halides is 3. The molecule has 0 saturated carbocycles. The van der Waals surface area contributed by atoms with Crippen molar-refractivity contribution in [2.45, 2.75) is 18.0 Å². The van der Waals surface area contributed by atoms with Crippen molar-refractivity contribution in [2.24, 2.45) is 4.40 Å². The van der Waals surface area contributed by atoms with E-state index >= 15 is 0 Å². The molecule has 1 unspecified atom stereocenters. The molecule has 15 heavy (non-hydrogen) atoms. The molecule has 0 aliphatic rings. The maximum atomic E-state index is 11.7. The zero-order chi connectivity index (χ0) is 12.5. The fourth-order valence-corrected chi connectivity index (χ4v) is 0.845. The third-order valence-corrected chi connectivity index (χ3v) is 2.26. The van der Waals surface area contributed by atoms with Crippen molar-refractivity contribution in [3.8, 4) is 0 Å². The summed E-state index contributed by atoms with van der Waals surface area (Å²) in [5.41, 5.74) is -8.37. The van der Waals surface area contributed by atoms with Gasteiger partial charge >= 0.3 is 15.5 Å². The predicted octanol–water partition coefficient (Wildman–Crippen LogP) is -1.66. The average Bonchev–Trinajstić information content (AvgIpc) is 2.01. The van der Waals surface area contributed by atoms with Gasteiger partial charge in [0.05, 0.1) is 6.61 Å². The van der Waals surface area contributed by atoms with Gasteiger partial charge in [0, 0.05) is 5.90 Å². The van der Waals surface area contributed by atoms with Crippen molar-refractivity contribution in [2.75, 3.05) is 6.61 Å². The molecule has 0 amide bonds. The van der Waals surface area contributed by atoms with E-state index in [2.05, 4.69) is 0 Å². The van der Waals surface area contributed by atoms with Crippen LogP contribution in [0.2, 0.25) is 0 Å². The van der Waals surface area contributed by atoms with Crippen LogP contribution in [0.1, 0.15) is 6.92 Å². The average molecular weight is 250 g/mol. The minimum Gasteiger partial charge on any atom is -0.859 e. The number of halogens is 3. The molecule has 10 heteroatoms. The third kappa shape index (κ3) is 3.32. The number of aliphatic hydroxyl groups excluding tert-OH is 1. The van der Waals surface area contributed by atoms with Crippen LogP contribution in [0, 0.1) is 0 Å². The molecule has 0 rings (SSSR count). The Hall–Kier alpha value is -0.870. The standard InChI is InChI=1S/C5H8F3NO5S/c1-4(12,2-10)3(11)9-15(13,14)5(6,7)8/h10,12H,2H2,1H3,(H,9,11)/p-1. The first kappa shape index (κ1) is 14.1. The second-order valence-corrected chi connectivity index (χ2v) is 4.34. The highest BCUT2D eigenvalue weighted by atomic mass is 32.2. The zero-order valence-corrected chi connectivity index (χ0v) is 8.13. The maximum absolute atomic E-state index is 11.7. The highest BCUT2D eigenvalue weighted by Crippen LogP contribution is 2.25. The number of hydrogen-bond acceptors (Lipinski definition) is 5. The van der Waals surface area contributed by atoms with E-state index in [0.29, 0.717) is 6.92 Å². The van der Waals surface area contributed by atoms with Crippen LogP contribution < -0.4 is 5.11 Å². The first-order valence-electron chi connectivity index (χ1n) is 3.36. The summed E-state index contributed by atoms with van der Waals surface area (Å²) in [5.74, 6) is -1.98. The van der Waals surface area contributed by atoms with Crippen molar-refractivity contribution >= 4 is 15.9 Å². The van der Waals surface area contributed by atoms with Crippen LogP contribution in [0.15, 0.2) is 4.40 Å². The Morgan fingerprint density at radius 2 is 1.87 bits per heavy atom. The van der Waals surface area contributed by atoms with Gasteiger partial charge in [0.2, 0.25) is 0 Å². The molecule has 0 aromatic rings. The van der Waals surface area contributed by atoms with Crippen molar-refractivity contribution in [1.29, 1.82) is 0 Å². The first-order chi connectivity index (χ1) is 6.44. The summed E-state index contributed by atoms with van der Waals surface area (Å²) in [5, 5.41) is 28.0.